The number of nitrogens with one attached hydrogen (secondary N) is 2. The SMILES string of the molecule is Cc1nc(-c2ccccc2Cl)sc1CNC(=O)Nc1cc(Cl)ccc1Cl. The van der Waals surface area contributed by atoms with Crippen LogP contribution in [-0.2, 0) is 6.54 Å². The van der Waals surface area contributed by atoms with Crippen LogP contribution < -0.4 is 10.6 Å². The van der Waals surface area contributed by atoms with Crippen molar-refractivity contribution >= 4 is 57.9 Å². The lowest BCUT2D eigenvalue weighted by Gasteiger charge is -2.09. The van der Waals surface area contributed by atoms with Crippen LogP contribution in [0.4, 0.5) is 10.5 Å². The van der Waals surface area contributed by atoms with Crippen molar-refractivity contribution in [2.24, 2.45) is 0 Å². The summed E-state index contributed by atoms with van der Waals surface area (Å²) < 4.78 is 0. The Morgan fingerprint density at radius 1 is 1.12 bits per heavy atom. The molecule has 26 heavy (non-hydrogen) atoms. The van der Waals surface area contributed by atoms with E-state index in [1.165, 1.54) is 11.3 Å². The molecule has 0 saturated carbocycles. The monoisotopic (exact) mass is 425 g/mol. The number of benzene rings is 2. The number of urea groups is 1. The minimum Gasteiger partial charge on any atom is -0.333 e. The van der Waals surface area contributed by atoms with E-state index < -0.39 is 0 Å². The number of halogens is 3. The Morgan fingerprint density at radius 3 is 2.65 bits per heavy atom. The number of hydrogen-bond acceptors (Lipinski definition) is 3. The van der Waals surface area contributed by atoms with E-state index in [4.69, 9.17) is 34.8 Å². The lowest BCUT2D eigenvalue weighted by Crippen LogP contribution is -2.28. The van der Waals surface area contributed by atoms with Crippen molar-refractivity contribution in [1.82, 2.24) is 10.3 Å². The Kier molecular flexibility index (Phi) is 6.04. The second-order valence-corrected chi connectivity index (χ2v) is 7.77. The molecule has 0 unspecified atom stereocenters. The molecule has 8 heteroatoms. The van der Waals surface area contributed by atoms with Gasteiger partial charge in [0.05, 0.1) is 28.0 Å². The average molecular weight is 427 g/mol. The second-order valence-electron chi connectivity index (χ2n) is 5.44. The summed E-state index contributed by atoms with van der Waals surface area (Å²) in [5.74, 6) is 0. The molecular weight excluding hydrogens is 413 g/mol. The highest BCUT2D eigenvalue weighted by Gasteiger charge is 2.13. The molecule has 4 nitrogen and oxygen atoms in total. The molecule has 3 aromatic rings. The maximum atomic E-state index is 12.1. The summed E-state index contributed by atoms with van der Waals surface area (Å²) in [6, 6.07) is 12.0. The topological polar surface area (TPSA) is 54.0 Å². The predicted octanol–water partition coefficient (Wildman–Crippen LogP) is 6.40. The lowest BCUT2D eigenvalue weighted by molar-refractivity contribution is 0.252. The van der Waals surface area contributed by atoms with E-state index in [-0.39, 0.29) is 6.03 Å². The number of hydrogen-bond donors (Lipinski definition) is 2. The highest BCUT2D eigenvalue weighted by atomic mass is 35.5. The van der Waals surface area contributed by atoms with Gasteiger partial charge >= 0.3 is 6.03 Å². The van der Waals surface area contributed by atoms with Gasteiger partial charge < -0.3 is 10.6 Å². The zero-order valence-electron chi connectivity index (χ0n) is 13.6. The molecule has 2 N–H and O–H groups in total. The first kappa shape index (κ1) is 19.0. The number of carbonyl (C=O) groups is 1. The van der Waals surface area contributed by atoms with Crippen LogP contribution in [0.3, 0.4) is 0 Å². The second kappa shape index (κ2) is 8.27. The summed E-state index contributed by atoms with van der Waals surface area (Å²) in [6.45, 7) is 2.25. The molecule has 0 radical (unpaired) electrons. The number of carbonyl (C=O) groups excluding carboxylic acids is 1. The first-order chi connectivity index (χ1) is 12.4. The van der Waals surface area contributed by atoms with Crippen molar-refractivity contribution < 1.29 is 4.79 Å². The molecule has 0 bridgehead atoms. The number of anilines is 1. The number of aromatic nitrogens is 1. The molecule has 0 aliphatic carbocycles. The molecule has 3 rings (SSSR count). The van der Waals surface area contributed by atoms with Crippen molar-refractivity contribution in [2.75, 3.05) is 5.32 Å². The van der Waals surface area contributed by atoms with Crippen LogP contribution in [0, 0.1) is 6.92 Å². The summed E-state index contributed by atoms with van der Waals surface area (Å²) in [4.78, 5) is 17.6. The third-order valence-corrected chi connectivity index (χ3v) is 5.67. The molecule has 0 aliphatic heterocycles. The number of nitrogens with zero attached hydrogens (tertiary/aromatic N) is 1. The van der Waals surface area contributed by atoms with E-state index in [1.54, 1.807) is 18.2 Å². The molecule has 134 valence electrons. The highest BCUT2D eigenvalue weighted by molar-refractivity contribution is 7.15. The van der Waals surface area contributed by atoms with Gasteiger partial charge in [-0.25, -0.2) is 9.78 Å². The first-order valence-electron chi connectivity index (χ1n) is 7.65. The van der Waals surface area contributed by atoms with Crippen LogP contribution in [0.15, 0.2) is 42.5 Å². The summed E-state index contributed by atoms with van der Waals surface area (Å²) in [7, 11) is 0. The average Bonchev–Trinajstić information content (AvgIpc) is 2.97. The molecule has 0 aliphatic rings. The van der Waals surface area contributed by atoms with Gasteiger partial charge in [0, 0.05) is 15.5 Å². The molecule has 0 fully saturated rings. The van der Waals surface area contributed by atoms with Gasteiger partial charge in [0.2, 0.25) is 0 Å². The minimum atomic E-state index is -0.374. The minimum absolute atomic E-state index is 0.345. The fraction of sp³-hybridized carbons (Fsp3) is 0.111. The van der Waals surface area contributed by atoms with E-state index in [0.717, 1.165) is 21.1 Å². The zero-order valence-corrected chi connectivity index (χ0v) is 16.7. The zero-order chi connectivity index (χ0) is 18.7. The Hall–Kier alpha value is -1.79. The molecule has 2 aromatic carbocycles. The fourth-order valence-corrected chi connectivity index (χ4v) is 3.92. The molecule has 0 atom stereocenters. The largest absolute Gasteiger partial charge is 0.333 e. The van der Waals surface area contributed by atoms with Crippen LogP contribution in [0.1, 0.15) is 10.6 Å². The van der Waals surface area contributed by atoms with Gasteiger partial charge in [-0.05, 0) is 31.2 Å². The Labute approximate surface area is 170 Å². The summed E-state index contributed by atoms with van der Waals surface area (Å²) in [6.07, 6.45) is 0. The van der Waals surface area contributed by atoms with Gasteiger partial charge in [-0.1, -0.05) is 53.0 Å². The van der Waals surface area contributed by atoms with Crippen molar-refractivity contribution in [3.63, 3.8) is 0 Å². The van der Waals surface area contributed by atoms with Gasteiger partial charge in [-0.2, -0.15) is 0 Å². The number of amides is 2. The molecule has 0 spiro atoms. The van der Waals surface area contributed by atoms with Crippen LogP contribution in [0.25, 0.3) is 10.6 Å². The number of rotatable bonds is 4. The number of thiazole rings is 1. The Balaban J connectivity index is 1.67. The first-order valence-corrected chi connectivity index (χ1v) is 9.60. The van der Waals surface area contributed by atoms with Gasteiger partial charge in [-0.3, -0.25) is 0 Å². The molecule has 1 heterocycles. The Morgan fingerprint density at radius 2 is 1.88 bits per heavy atom. The summed E-state index contributed by atoms with van der Waals surface area (Å²) >= 11 is 19.7. The molecule has 0 saturated heterocycles. The van der Waals surface area contributed by atoms with E-state index >= 15 is 0 Å². The van der Waals surface area contributed by atoms with Crippen LogP contribution in [0.5, 0.6) is 0 Å². The third-order valence-electron chi connectivity index (χ3n) is 3.58. The fourth-order valence-electron chi connectivity index (χ4n) is 2.26. The van der Waals surface area contributed by atoms with Gasteiger partial charge in [-0.15, -0.1) is 11.3 Å². The molecule has 2 amide bonds. The molecular formula is C18H14Cl3N3OS. The molecule has 1 aromatic heterocycles. The smallest absolute Gasteiger partial charge is 0.319 e. The van der Waals surface area contributed by atoms with E-state index in [9.17, 15) is 4.79 Å². The van der Waals surface area contributed by atoms with Crippen molar-refractivity contribution in [2.45, 2.75) is 13.5 Å². The maximum Gasteiger partial charge on any atom is 0.319 e. The third kappa shape index (κ3) is 4.48. The van der Waals surface area contributed by atoms with E-state index in [1.807, 2.05) is 31.2 Å². The quantitative estimate of drug-likeness (QED) is 0.507. The van der Waals surface area contributed by atoms with E-state index in [2.05, 4.69) is 15.6 Å². The van der Waals surface area contributed by atoms with Crippen molar-refractivity contribution in [3.05, 3.63) is 68.1 Å². The standard InChI is InChI=1S/C18H14Cl3N3OS/c1-10-16(26-17(23-10)12-4-2-3-5-13(12)20)9-22-18(25)24-15-8-11(19)6-7-14(15)21/h2-8H,9H2,1H3,(H2,22,24,25). The predicted molar refractivity (Wildman–Crippen MR) is 110 cm³/mol. The maximum absolute atomic E-state index is 12.1. The van der Waals surface area contributed by atoms with E-state index in [0.29, 0.717) is 27.3 Å². The van der Waals surface area contributed by atoms with Crippen molar-refractivity contribution in [1.29, 1.82) is 0 Å². The normalized spacial score (nSPS) is 10.6. The van der Waals surface area contributed by atoms with Gasteiger partial charge in [0.15, 0.2) is 0 Å². The van der Waals surface area contributed by atoms with Crippen molar-refractivity contribution in [3.8, 4) is 10.6 Å². The van der Waals surface area contributed by atoms with Crippen LogP contribution >= 0.6 is 46.1 Å². The summed E-state index contributed by atoms with van der Waals surface area (Å²) in [5.41, 5.74) is 2.18. The Bertz CT molecular complexity index is 959. The van der Waals surface area contributed by atoms with Crippen LogP contribution in [-0.4, -0.2) is 11.0 Å². The summed E-state index contributed by atoms with van der Waals surface area (Å²) in [5, 5.41) is 7.86. The van der Waals surface area contributed by atoms with Gasteiger partial charge in [0.25, 0.3) is 0 Å². The highest BCUT2D eigenvalue weighted by Crippen LogP contribution is 2.32. The lowest BCUT2D eigenvalue weighted by atomic mass is 10.2. The number of aryl methyl sites for hydroxylation is 1. The van der Waals surface area contributed by atoms with Gasteiger partial charge in [0.1, 0.15) is 5.01 Å². The van der Waals surface area contributed by atoms with Crippen LogP contribution in [0.2, 0.25) is 15.1 Å².